The van der Waals surface area contributed by atoms with Crippen LogP contribution in [0.2, 0.25) is 0 Å². The van der Waals surface area contributed by atoms with E-state index in [4.69, 9.17) is 4.74 Å². The van der Waals surface area contributed by atoms with E-state index in [0.29, 0.717) is 12.2 Å². The molecular formula is C15H12Br2O2. The first-order valence-corrected chi connectivity index (χ1v) is 7.32. The lowest BCUT2D eigenvalue weighted by molar-refractivity contribution is 0.101. The van der Waals surface area contributed by atoms with Gasteiger partial charge in [0.25, 0.3) is 0 Å². The molecule has 0 unspecified atom stereocenters. The molecule has 2 rings (SSSR count). The summed E-state index contributed by atoms with van der Waals surface area (Å²) in [5.74, 6) is 0.768. The minimum Gasteiger partial charge on any atom is -0.488 e. The second kappa shape index (κ2) is 6.35. The highest BCUT2D eigenvalue weighted by Gasteiger charge is 2.06. The minimum absolute atomic E-state index is 0.0410. The van der Waals surface area contributed by atoms with Crippen LogP contribution in [0.5, 0.6) is 5.75 Å². The number of Topliss-reactive ketones (excluding diaryl/α,β-unsaturated/α-hetero) is 1. The van der Waals surface area contributed by atoms with Gasteiger partial charge in [0, 0.05) is 10.0 Å². The zero-order valence-electron chi connectivity index (χ0n) is 10.3. The van der Waals surface area contributed by atoms with Crippen LogP contribution in [0.4, 0.5) is 0 Å². The number of carbonyl (C=O) groups is 1. The van der Waals surface area contributed by atoms with E-state index in [2.05, 4.69) is 31.9 Å². The van der Waals surface area contributed by atoms with Crippen LogP contribution in [-0.2, 0) is 6.61 Å². The van der Waals surface area contributed by atoms with Gasteiger partial charge in [-0.25, -0.2) is 0 Å². The fourth-order valence-electron chi connectivity index (χ4n) is 1.62. The zero-order chi connectivity index (χ0) is 13.8. The highest BCUT2D eigenvalue weighted by Crippen LogP contribution is 2.27. The number of ether oxygens (including phenoxy) is 1. The van der Waals surface area contributed by atoms with Crippen LogP contribution in [0.3, 0.4) is 0 Å². The predicted molar refractivity (Wildman–Crippen MR) is 82.6 cm³/mol. The third-order valence-electron chi connectivity index (χ3n) is 2.62. The molecule has 0 heterocycles. The third-order valence-corrected chi connectivity index (χ3v) is 3.73. The van der Waals surface area contributed by atoms with E-state index in [-0.39, 0.29) is 5.78 Å². The van der Waals surface area contributed by atoms with Gasteiger partial charge in [-0.3, -0.25) is 4.79 Å². The van der Waals surface area contributed by atoms with Crippen molar-refractivity contribution in [1.29, 1.82) is 0 Å². The topological polar surface area (TPSA) is 26.3 Å². The van der Waals surface area contributed by atoms with Crippen molar-refractivity contribution in [3.63, 3.8) is 0 Å². The van der Waals surface area contributed by atoms with Crippen molar-refractivity contribution in [3.8, 4) is 5.75 Å². The molecule has 98 valence electrons. The summed E-state index contributed by atoms with van der Waals surface area (Å²) < 4.78 is 7.55. The lowest BCUT2D eigenvalue weighted by atomic mass is 10.1. The molecule has 19 heavy (non-hydrogen) atoms. The van der Waals surface area contributed by atoms with Gasteiger partial charge >= 0.3 is 0 Å². The fraction of sp³-hybridized carbons (Fsp3) is 0.133. The summed E-state index contributed by atoms with van der Waals surface area (Å²) >= 11 is 6.84. The van der Waals surface area contributed by atoms with Crippen LogP contribution in [0.1, 0.15) is 22.8 Å². The molecule has 0 atom stereocenters. The maximum atomic E-state index is 11.3. The summed E-state index contributed by atoms with van der Waals surface area (Å²) in [6, 6.07) is 13.3. The van der Waals surface area contributed by atoms with Crippen LogP contribution >= 0.6 is 31.9 Å². The highest BCUT2D eigenvalue weighted by molar-refractivity contribution is 9.10. The van der Waals surface area contributed by atoms with Crippen LogP contribution in [0.25, 0.3) is 0 Å². The number of ketones is 1. The zero-order valence-corrected chi connectivity index (χ0v) is 13.5. The average molecular weight is 384 g/mol. The van der Waals surface area contributed by atoms with Gasteiger partial charge in [-0.2, -0.15) is 0 Å². The molecule has 2 aromatic carbocycles. The summed E-state index contributed by atoms with van der Waals surface area (Å²) in [5.41, 5.74) is 1.75. The predicted octanol–water partition coefficient (Wildman–Crippen LogP) is 4.99. The quantitative estimate of drug-likeness (QED) is 0.695. The molecule has 0 saturated carbocycles. The molecule has 0 spiro atoms. The molecule has 2 aromatic rings. The third kappa shape index (κ3) is 3.91. The Kier molecular flexibility index (Phi) is 4.77. The molecule has 2 nitrogen and oxygen atoms in total. The van der Waals surface area contributed by atoms with Gasteiger partial charge in [-0.1, -0.05) is 28.1 Å². The lowest BCUT2D eigenvalue weighted by Gasteiger charge is -2.09. The largest absolute Gasteiger partial charge is 0.488 e. The summed E-state index contributed by atoms with van der Waals surface area (Å²) in [5, 5.41) is 0. The Hall–Kier alpha value is -1.13. The SMILES string of the molecule is CC(=O)c1ccc(OCc2cccc(Br)c2)c(Br)c1. The van der Waals surface area contributed by atoms with E-state index in [0.717, 1.165) is 20.3 Å². The Balaban J connectivity index is 2.10. The molecule has 0 saturated heterocycles. The molecule has 0 aliphatic carbocycles. The molecule has 0 fully saturated rings. The maximum absolute atomic E-state index is 11.3. The molecule has 4 heteroatoms. The normalized spacial score (nSPS) is 10.3. The average Bonchev–Trinajstić information content (AvgIpc) is 2.37. The van der Waals surface area contributed by atoms with E-state index in [9.17, 15) is 4.79 Å². The molecule has 0 aliphatic heterocycles. The number of hydrogen-bond donors (Lipinski definition) is 0. The Morgan fingerprint density at radius 3 is 2.58 bits per heavy atom. The van der Waals surface area contributed by atoms with Crippen molar-refractivity contribution in [2.75, 3.05) is 0 Å². The number of benzene rings is 2. The van der Waals surface area contributed by atoms with E-state index in [1.807, 2.05) is 24.3 Å². The monoisotopic (exact) mass is 382 g/mol. The number of hydrogen-bond acceptors (Lipinski definition) is 2. The summed E-state index contributed by atoms with van der Waals surface area (Å²) in [4.78, 5) is 11.3. The van der Waals surface area contributed by atoms with Crippen molar-refractivity contribution >= 4 is 37.6 Å². The second-order valence-electron chi connectivity index (χ2n) is 4.12. The van der Waals surface area contributed by atoms with E-state index in [1.165, 1.54) is 0 Å². The van der Waals surface area contributed by atoms with Crippen LogP contribution < -0.4 is 4.74 Å². The Morgan fingerprint density at radius 1 is 1.16 bits per heavy atom. The van der Waals surface area contributed by atoms with Crippen molar-refractivity contribution in [2.45, 2.75) is 13.5 Å². The van der Waals surface area contributed by atoms with Crippen LogP contribution in [0, 0.1) is 0 Å². The van der Waals surface area contributed by atoms with Gasteiger partial charge in [0.2, 0.25) is 0 Å². The Labute approximate surface area is 129 Å². The smallest absolute Gasteiger partial charge is 0.159 e. The first-order chi connectivity index (χ1) is 9.06. The van der Waals surface area contributed by atoms with Crippen molar-refractivity contribution in [1.82, 2.24) is 0 Å². The van der Waals surface area contributed by atoms with Gasteiger partial charge in [0.15, 0.2) is 5.78 Å². The lowest BCUT2D eigenvalue weighted by Crippen LogP contribution is -1.98. The first kappa shape index (κ1) is 14.3. The number of halogens is 2. The molecule has 0 aromatic heterocycles. The standard InChI is InChI=1S/C15H12Br2O2/c1-10(18)12-5-6-15(14(17)8-12)19-9-11-3-2-4-13(16)7-11/h2-8H,9H2,1H3. The van der Waals surface area contributed by atoms with E-state index in [1.54, 1.807) is 25.1 Å². The van der Waals surface area contributed by atoms with Gasteiger partial charge < -0.3 is 4.74 Å². The van der Waals surface area contributed by atoms with Crippen molar-refractivity contribution in [2.24, 2.45) is 0 Å². The second-order valence-corrected chi connectivity index (χ2v) is 5.89. The Bertz CT molecular complexity index is 609. The molecule has 0 aliphatic rings. The van der Waals surface area contributed by atoms with Gasteiger partial charge in [-0.15, -0.1) is 0 Å². The Morgan fingerprint density at radius 2 is 1.95 bits per heavy atom. The number of rotatable bonds is 4. The van der Waals surface area contributed by atoms with Gasteiger partial charge in [0.05, 0.1) is 4.47 Å². The van der Waals surface area contributed by atoms with Crippen LogP contribution in [0.15, 0.2) is 51.4 Å². The first-order valence-electron chi connectivity index (χ1n) is 5.74. The molecular weight excluding hydrogens is 372 g/mol. The fourth-order valence-corrected chi connectivity index (χ4v) is 2.56. The molecule has 0 bridgehead atoms. The summed E-state index contributed by atoms with van der Waals surface area (Å²) in [7, 11) is 0. The molecule has 0 radical (unpaired) electrons. The van der Waals surface area contributed by atoms with Crippen molar-refractivity contribution in [3.05, 3.63) is 62.5 Å². The maximum Gasteiger partial charge on any atom is 0.159 e. The van der Waals surface area contributed by atoms with Gasteiger partial charge in [-0.05, 0) is 58.7 Å². The molecule has 0 N–H and O–H groups in total. The van der Waals surface area contributed by atoms with E-state index >= 15 is 0 Å². The van der Waals surface area contributed by atoms with Crippen LogP contribution in [-0.4, -0.2) is 5.78 Å². The highest BCUT2D eigenvalue weighted by atomic mass is 79.9. The number of carbonyl (C=O) groups excluding carboxylic acids is 1. The summed E-state index contributed by atoms with van der Waals surface area (Å²) in [6.07, 6.45) is 0. The molecule has 0 amide bonds. The van der Waals surface area contributed by atoms with Crippen molar-refractivity contribution < 1.29 is 9.53 Å². The van der Waals surface area contributed by atoms with E-state index < -0.39 is 0 Å². The summed E-state index contributed by atoms with van der Waals surface area (Å²) in [6.45, 7) is 2.03. The van der Waals surface area contributed by atoms with Gasteiger partial charge in [0.1, 0.15) is 12.4 Å². The minimum atomic E-state index is 0.0410.